The van der Waals surface area contributed by atoms with Crippen molar-refractivity contribution in [3.63, 3.8) is 0 Å². The molecule has 0 aliphatic carbocycles. The quantitative estimate of drug-likeness (QED) is 0.808. The lowest BCUT2D eigenvalue weighted by atomic mass is 10.1. The number of halogens is 6. The third-order valence-electron chi connectivity index (χ3n) is 2.78. The Labute approximate surface area is 116 Å². The molecule has 21 heavy (non-hydrogen) atoms. The van der Waals surface area contributed by atoms with E-state index in [1.807, 2.05) is 0 Å². The third-order valence-corrected chi connectivity index (χ3v) is 2.78. The Morgan fingerprint density at radius 2 is 1.48 bits per heavy atom. The molecule has 0 amide bonds. The van der Waals surface area contributed by atoms with E-state index in [1.54, 1.807) is 0 Å². The molecule has 0 spiro atoms. The zero-order valence-corrected chi connectivity index (χ0v) is 10.4. The fourth-order valence-corrected chi connectivity index (χ4v) is 1.79. The predicted molar refractivity (Wildman–Crippen MR) is 65.1 cm³/mol. The molecule has 0 bridgehead atoms. The Morgan fingerprint density at radius 1 is 0.857 bits per heavy atom. The van der Waals surface area contributed by atoms with E-state index in [2.05, 4.69) is 5.32 Å². The van der Waals surface area contributed by atoms with E-state index in [-0.39, 0.29) is 11.3 Å². The average molecular weight is 305 g/mol. The van der Waals surface area contributed by atoms with Gasteiger partial charge in [-0.1, -0.05) is 6.07 Å². The van der Waals surface area contributed by atoms with Gasteiger partial charge in [0.2, 0.25) is 0 Å². The summed E-state index contributed by atoms with van der Waals surface area (Å²) in [6.07, 6.45) is -4.74. The molecule has 2 aromatic rings. The van der Waals surface area contributed by atoms with Crippen LogP contribution in [-0.4, -0.2) is 0 Å². The SMILES string of the molecule is Fc1ccc(F)c(NCc2ccc(F)cc2C(F)(F)F)c1. The number of rotatable bonds is 3. The molecule has 0 heterocycles. The lowest BCUT2D eigenvalue weighted by Gasteiger charge is -2.14. The van der Waals surface area contributed by atoms with Crippen LogP contribution in [0.25, 0.3) is 0 Å². The first kappa shape index (κ1) is 15.2. The highest BCUT2D eigenvalue weighted by Crippen LogP contribution is 2.33. The molecule has 0 unspecified atom stereocenters. The number of nitrogens with one attached hydrogen (secondary N) is 1. The summed E-state index contributed by atoms with van der Waals surface area (Å²) in [5, 5.41) is 2.36. The third kappa shape index (κ3) is 3.68. The van der Waals surface area contributed by atoms with Crippen molar-refractivity contribution in [2.45, 2.75) is 12.7 Å². The highest BCUT2D eigenvalue weighted by Gasteiger charge is 2.33. The molecule has 0 aliphatic heterocycles. The minimum Gasteiger partial charge on any atom is -0.379 e. The van der Waals surface area contributed by atoms with Crippen molar-refractivity contribution in [2.24, 2.45) is 0 Å². The van der Waals surface area contributed by atoms with Gasteiger partial charge in [0, 0.05) is 6.54 Å². The Balaban J connectivity index is 2.26. The Hall–Kier alpha value is -2.18. The number of alkyl halides is 3. The molecule has 0 atom stereocenters. The number of hydrogen-bond acceptors (Lipinski definition) is 1. The minimum absolute atomic E-state index is 0.271. The molecule has 0 saturated carbocycles. The van der Waals surface area contributed by atoms with Crippen LogP contribution in [0.4, 0.5) is 32.0 Å². The van der Waals surface area contributed by atoms with Gasteiger partial charge < -0.3 is 5.32 Å². The first-order valence-electron chi connectivity index (χ1n) is 5.82. The van der Waals surface area contributed by atoms with Gasteiger partial charge in [0.25, 0.3) is 0 Å². The van der Waals surface area contributed by atoms with Crippen molar-refractivity contribution in [1.29, 1.82) is 0 Å². The summed E-state index contributed by atoms with van der Waals surface area (Å²) in [4.78, 5) is 0. The maximum absolute atomic E-state index is 13.4. The molecule has 1 N–H and O–H groups in total. The molecule has 0 fully saturated rings. The predicted octanol–water partition coefficient (Wildman–Crippen LogP) is 4.73. The smallest absolute Gasteiger partial charge is 0.379 e. The highest BCUT2D eigenvalue weighted by molar-refractivity contribution is 5.46. The molecule has 1 nitrogen and oxygen atoms in total. The van der Waals surface area contributed by atoms with Crippen LogP contribution < -0.4 is 5.32 Å². The normalized spacial score (nSPS) is 11.5. The molecule has 0 saturated heterocycles. The second kappa shape index (κ2) is 5.67. The van der Waals surface area contributed by atoms with E-state index in [0.717, 1.165) is 30.3 Å². The van der Waals surface area contributed by atoms with Crippen LogP contribution in [0.15, 0.2) is 36.4 Å². The number of hydrogen-bond donors (Lipinski definition) is 1. The first-order valence-corrected chi connectivity index (χ1v) is 5.82. The molecule has 2 aromatic carbocycles. The summed E-state index contributed by atoms with van der Waals surface area (Å²) in [6, 6.07) is 4.74. The summed E-state index contributed by atoms with van der Waals surface area (Å²) in [6.45, 7) is -0.421. The van der Waals surface area contributed by atoms with E-state index in [0.29, 0.717) is 6.07 Å². The molecular weight excluding hydrogens is 296 g/mol. The lowest BCUT2D eigenvalue weighted by molar-refractivity contribution is -0.138. The van der Waals surface area contributed by atoms with Gasteiger partial charge in [0.1, 0.15) is 17.5 Å². The summed E-state index contributed by atoms with van der Waals surface area (Å²) in [5.74, 6) is -2.55. The fraction of sp³-hybridized carbons (Fsp3) is 0.143. The van der Waals surface area contributed by atoms with Crippen LogP contribution in [0, 0.1) is 17.5 Å². The molecule has 7 heteroatoms. The highest BCUT2D eigenvalue weighted by atomic mass is 19.4. The summed E-state index contributed by atoms with van der Waals surface area (Å²) in [7, 11) is 0. The van der Waals surface area contributed by atoms with Crippen molar-refractivity contribution in [1.82, 2.24) is 0 Å². The maximum atomic E-state index is 13.4. The molecular formula is C14H9F6N. The van der Waals surface area contributed by atoms with Gasteiger partial charge in [-0.15, -0.1) is 0 Å². The van der Waals surface area contributed by atoms with Crippen LogP contribution >= 0.6 is 0 Å². The second-order valence-electron chi connectivity index (χ2n) is 4.28. The van der Waals surface area contributed by atoms with Crippen molar-refractivity contribution in [2.75, 3.05) is 5.32 Å². The molecule has 2 rings (SSSR count). The fourth-order valence-electron chi connectivity index (χ4n) is 1.79. The average Bonchev–Trinajstić information content (AvgIpc) is 2.40. The minimum atomic E-state index is -4.74. The zero-order chi connectivity index (χ0) is 15.6. The Bertz CT molecular complexity index is 650. The second-order valence-corrected chi connectivity index (χ2v) is 4.28. The molecule has 0 aromatic heterocycles. The Morgan fingerprint density at radius 3 is 2.14 bits per heavy atom. The monoisotopic (exact) mass is 305 g/mol. The Kier molecular flexibility index (Phi) is 4.11. The van der Waals surface area contributed by atoms with E-state index >= 15 is 0 Å². The molecule has 112 valence electrons. The van der Waals surface area contributed by atoms with Crippen molar-refractivity contribution < 1.29 is 26.3 Å². The number of benzene rings is 2. The van der Waals surface area contributed by atoms with E-state index in [1.165, 1.54) is 0 Å². The summed E-state index contributed by atoms with van der Waals surface area (Å²) in [5.41, 5.74) is -1.70. The first-order chi connectivity index (χ1) is 9.77. The van der Waals surface area contributed by atoms with Gasteiger partial charge in [0.05, 0.1) is 11.3 Å². The van der Waals surface area contributed by atoms with Crippen LogP contribution in [0.3, 0.4) is 0 Å². The van der Waals surface area contributed by atoms with Crippen LogP contribution in [0.5, 0.6) is 0 Å². The maximum Gasteiger partial charge on any atom is 0.416 e. The van der Waals surface area contributed by atoms with Gasteiger partial charge in [0.15, 0.2) is 0 Å². The van der Waals surface area contributed by atoms with Gasteiger partial charge in [-0.3, -0.25) is 0 Å². The zero-order valence-electron chi connectivity index (χ0n) is 10.4. The molecule has 0 aliphatic rings. The van der Waals surface area contributed by atoms with Gasteiger partial charge in [-0.05, 0) is 35.9 Å². The van der Waals surface area contributed by atoms with E-state index in [9.17, 15) is 26.3 Å². The van der Waals surface area contributed by atoms with Gasteiger partial charge in [-0.25, -0.2) is 13.2 Å². The van der Waals surface area contributed by atoms with E-state index in [4.69, 9.17) is 0 Å². The van der Waals surface area contributed by atoms with Gasteiger partial charge >= 0.3 is 6.18 Å². The molecule has 0 radical (unpaired) electrons. The topological polar surface area (TPSA) is 12.0 Å². The standard InChI is InChI=1S/C14H9F6N/c15-9-2-1-8(11(5-9)14(18,19)20)7-21-13-6-10(16)3-4-12(13)17/h1-6,21H,7H2. The largest absolute Gasteiger partial charge is 0.416 e. The van der Waals surface area contributed by atoms with Crippen LogP contribution in [0.1, 0.15) is 11.1 Å². The van der Waals surface area contributed by atoms with Gasteiger partial charge in [-0.2, -0.15) is 13.2 Å². The van der Waals surface area contributed by atoms with Crippen molar-refractivity contribution in [3.8, 4) is 0 Å². The van der Waals surface area contributed by atoms with Crippen LogP contribution in [0.2, 0.25) is 0 Å². The van der Waals surface area contributed by atoms with E-state index < -0.39 is 35.7 Å². The summed E-state index contributed by atoms with van der Waals surface area (Å²) < 4.78 is 77.6. The summed E-state index contributed by atoms with van der Waals surface area (Å²) >= 11 is 0. The number of anilines is 1. The lowest BCUT2D eigenvalue weighted by Crippen LogP contribution is -2.12. The van der Waals surface area contributed by atoms with Crippen LogP contribution in [-0.2, 0) is 12.7 Å². The van der Waals surface area contributed by atoms with Crippen molar-refractivity contribution >= 4 is 5.69 Å². The van der Waals surface area contributed by atoms with Crippen molar-refractivity contribution in [3.05, 3.63) is 65.0 Å².